The summed E-state index contributed by atoms with van der Waals surface area (Å²) in [5, 5.41) is 21.0. The highest BCUT2D eigenvalue weighted by Gasteiger charge is 2.02. The van der Waals surface area contributed by atoms with Gasteiger partial charge < -0.3 is 20.3 Å². The largest absolute Gasteiger partial charge is 0.508 e. The maximum atomic E-state index is 9.47. The molecule has 0 bridgehead atoms. The fourth-order valence-electron chi connectivity index (χ4n) is 1.13. The Morgan fingerprint density at radius 2 is 2.21 bits per heavy atom. The van der Waals surface area contributed by atoms with Gasteiger partial charge in [0.1, 0.15) is 11.5 Å². The molecule has 4 nitrogen and oxygen atoms in total. The lowest BCUT2D eigenvalue weighted by atomic mass is 10.2. The third-order valence-electron chi connectivity index (χ3n) is 1.89. The van der Waals surface area contributed by atoms with E-state index in [1.165, 1.54) is 0 Å². The van der Waals surface area contributed by atoms with Gasteiger partial charge in [-0.1, -0.05) is 0 Å². The Morgan fingerprint density at radius 3 is 2.86 bits per heavy atom. The lowest BCUT2D eigenvalue weighted by Gasteiger charge is -2.07. The molecule has 14 heavy (non-hydrogen) atoms. The molecule has 0 amide bonds. The van der Waals surface area contributed by atoms with Crippen LogP contribution in [0.3, 0.4) is 0 Å². The van der Waals surface area contributed by atoms with Crippen molar-refractivity contribution in [1.82, 2.24) is 5.32 Å². The Hall–Kier alpha value is -1.26. The van der Waals surface area contributed by atoms with Gasteiger partial charge in [-0.15, -0.1) is 0 Å². The van der Waals surface area contributed by atoms with Crippen molar-refractivity contribution in [2.75, 3.05) is 20.3 Å². The van der Waals surface area contributed by atoms with Crippen molar-refractivity contribution in [2.45, 2.75) is 6.54 Å². The van der Waals surface area contributed by atoms with E-state index in [9.17, 15) is 5.11 Å². The second kappa shape index (κ2) is 5.47. The van der Waals surface area contributed by atoms with Gasteiger partial charge in [0.05, 0.1) is 13.7 Å². The van der Waals surface area contributed by atoms with E-state index in [0.29, 0.717) is 18.8 Å². The van der Waals surface area contributed by atoms with E-state index in [-0.39, 0.29) is 12.4 Å². The molecule has 0 fully saturated rings. The number of hydrogen-bond donors (Lipinski definition) is 3. The highest BCUT2D eigenvalue weighted by atomic mass is 16.5. The van der Waals surface area contributed by atoms with Crippen LogP contribution in [-0.2, 0) is 6.54 Å². The van der Waals surface area contributed by atoms with E-state index in [1.807, 2.05) is 0 Å². The molecule has 0 aromatic heterocycles. The molecule has 0 saturated heterocycles. The molecule has 0 aliphatic carbocycles. The first-order valence-corrected chi connectivity index (χ1v) is 4.45. The number of phenolic OH excluding ortho intramolecular Hbond substituents is 1. The zero-order chi connectivity index (χ0) is 10.4. The number of rotatable bonds is 5. The monoisotopic (exact) mass is 197 g/mol. The number of aliphatic hydroxyl groups excluding tert-OH is 1. The molecule has 1 aromatic carbocycles. The summed E-state index contributed by atoms with van der Waals surface area (Å²) in [6.07, 6.45) is 0. The minimum atomic E-state index is 0.0880. The molecule has 0 atom stereocenters. The summed E-state index contributed by atoms with van der Waals surface area (Å²) in [6.45, 7) is 1.12. The van der Waals surface area contributed by atoms with Gasteiger partial charge in [-0.25, -0.2) is 0 Å². The number of phenols is 1. The van der Waals surface area contributed by atoms with Gasteiger partial charge in [0.15, 0.2) is 0 Å². The summed E-state index contributed by atoms with van der Waals surface area (Å²) in [6, 6.07) is 5.05. The Balaban J connectivity index is 2.64. The zero-order valence-corrected chi connectivity index (χ0v) is 8.16. The van der Waals surface area contributed by atoms with Crippen LogP contribution in [0.2, 0.25) is 0 Å². The lowest BCUT2D eigenvalue weighted by molar-refractivity contribution is 0.291. The summed E-state index contributed by atoms with van der Waals surface area (Å²) >= 11 is 0. The standard InChI is InChI=1S/C10H15NO3/c1-14-9-2-3-10(13)8(6-9)7-11-4-5-12/h2-3,6,11-13H,4-5,7H2,1H3. The van der Waals surface area contributed by atoms with Crippen LogP contribution in [0.25, 0.3) is 0 Å². The molecule has 4 heteroatoms. The Bertz CT molecular complexity index is 289. The molecular formula is C10H15NO3. The van der Waals surface area contributed by atoms with Crippen LogP contribution in [0.1, 0.15) is 5.56 Å². The topological polar surface area (TPSA) is 61.7 Å². The minimum absolute atomic E-state index is 0.0880. The maximum absolute atomic E-state index is 9.47. The van der Waals surface area contributed by atoms with Gasteiger partial charge in [-0.3, -0.25) is 0 Å². The summed E-state index contributed by atoms with van der Waals surface area (Å²) in [4.78, 5) is 0. The zero-order valence-electron chi connectivity index (χ0n) is 8.16. The molecule has 0 aliphatic rings. The first-order chi connectivity index (χ1) is 6.77. The average Bonchev–Trinajstić information content (AvgIpc) is 2.21. The molecule has 0 unspecified atom stereocenters. The summed E-state index contributed by atoms with van der Waals surface area (Å²) < 4.78 is 5.03. The van der Waals surface area contributed by atoms with Gasteiger partial charge in [-0.05, 0) is 18.2 Å². The van der Waals surface area contributed by atoms with Crippen LogP contribution in [0, 0.1) is 0 Å². The van der Waals surface area contributed by atoms with E-state index in [1.54, 1.807) is 25.3 Å². The van der Waals surface area contributed by atoms with E-state index in [4.69, 9.17) is 9.84 Å². The fourth-order valence-corrected chi connectivity index (χ4v) is 1.13. The molecule has 0 heterocycles. The van der Waals surface area contributed by atoms with Gasteiger partial charge in [-0.2, -0.15) is 0 Å². The van der Waals surface area contributed by atoms with Crippen LogP contribution < -0.4 is 10.1 Å². The maximum Gasteiger partial charge on any atom is 0.120 e. The third-order valence-corrected chi connectivity index (χ3v) is 1.89. The first-order valence-electron chi connectivity index (χ1n) is 4.45. The number of aliphatic hydroxyl groups is 1. The van der Waals surface area contributed by atoms with Gasteiger partial charge in [0.2, 0.25) is 0 Å². The SMILES string of the molecule is COc1ccc(O)c(CNCCO)c1. The Morgan fingerprint density at radius 1 is 1.43 bits per heavy atom. The molecule has 0 aliphatic heterocycles. The summed E-state index contributed by atoms with van der Waals surface area (Å²) in [7, 11) is 1.58. The number of ether oxygens (including phenoxy) is 1. The molecule has 0 spiro atoms. The minimum Gasteiger partial charge on any atom is -0.508 e. The van der Waals surface area contributed by atoms with Gasteiger partial charge in [0, 0.05) is 18.7 Å². The van der Waals surface area contributed by atoms with Crippen molar-refractivity contribution >= 4 is 0 Å². The highest BCUT2D eigenvalue weighted by Crippen LogP contribution is 2.22. The number of aromatic hydroxyl groups is 1. The summed E-state index contributed by atoms with van der Waals surface area (Å²) in [5.41, 5.74) is 0.762. The van der Waals surface area contributed by atoms with Crippen molar-refractivity contribution in [2.24, 2.45) is 0 Å². The van der Waals surface area contributed by atoms with Crippen molar-refractivity contribution < 1.29 is 14.9 Å². The molecule has 1 rings (SSSR count). The van der Waals surface area contributed by atoms with Gasteiger partial charge >= 0.3 is 0 Å². The predicted molar refractivity (Wildman–Crippen MR) is 53.5 cm³/mol. The Labute approximate surface area is 83.1 Å². The van der Waals surface area contributed by atoms with E-state index < -0.39 is 0 Å². The quantitative estimate of drug-likeness (QED) is 0.601. The summed E-state index contributed by atoms with van der Waals surface area (Å²) in [5.74, 6) is 0.944. The van der Waals surface area contributed by atoms with E-state index >= 15 is 0 Å². The fraction of sp³-hybridized carbons (Fsp3) is 0.400. The Kier molecular flexibility index (Phi) is 4.22. The van der Waals surface area contributed by atoms with Crippen LogP contribution in [0.4, 0.5) is 0 Å². The molecule has 0 saturated carbocycles. The van der Waals surface area contributed by atoms with Crippen LogP contribution in [0.5, 0.6) is 11.5 Å². The number of nitrogens with one attached hydrogen (secondary N) is 1. The van der Waals surface area contributed by atoms with Crippen LogP contribution >= 0.6 is 0 Å². The van der Waals surface area contributed by atoms with Crippen LogP contribution in [0.15, 0.2) is 18.2 Å². The normalized spacial score (nSPS) is 10.1. The second-order valence-electron chi connectivity index (χ2n) is 2.90. The second-order valence-corrected chi connectivity index (χ2v) is 2.90. The molecular weight excluding hydrogens is 182 g/mol. The third kappa shape index (κ3) is 2.90. The van der Waals surface area contributed by atoms with Crippen molar-refractivity contribution in [3.63, 3.8) is 0 Å². The molecule has 1 aromatic rings. The van der Waals surface area contributed by atoms with Crippen LogP contribution in [-0.4, -0.2) is 30.5 Å². The number of hydrogen-bond acceptors (Lipinski definition) is 4. The number of methoxy groups -OCH3 is 1. The molecule has 78 valence electrons. The van der Waals surface area contributed by atoms with Crippen molar-refractivity contribution in [3.05, 3.63) is 23.8 Å². The smallest absolute Gasteiger partial charge is 0.120 e. The van der Waals surface area contributed by atoms with E-state index in [2.05, 4.69) is 5.32 Å². The average molecular weight is 197 g/mol. The molecule has 0 radical (unpaired) electrons. The number of benzene rings is 1. The van der Waals surface area contributed by atoms with E-state index in [0.717, 1.165) is 5.56 Å². The highest BCUT2D eigenvalue weighted by molar-refractivity contribution is 5.39. The van der Waals surface area contributed by atoms with Crippen molar-refractivity contribution in [1.29, 1.82) is 0 Å². The first kappa shape index (κ1) is 10.8. The predicted octanol–water partition coefficient (Wildman–Crippen LogP) is 0.483. The van der Waals surface area contributed by atoms with Gasteiger partial charge in [0.25, 0.3) is 0 Å². The lowest BCUT2D eigenvalue weighted by Crippen LogP contribution is -2.17. The van der Waals surface area contributed by atoms with Crippen molar-refractivity contribution in [3.8, 4) is 11.5 Å². The molecule has 3 N–H and O–H groups in total.